The highest BCUT2D eigenvalue weighted by molar-refractivity contribution is 5.94. The second-order valence-electron chi connectivity index (χ2n) is 6.64. The van der Waals surface area contributed by atoms with E-state index >= 15 is 0 Å². The fourth-order valence-electron chi connectivity index (χ4n) is 2.64. The van der Waals surface area contributed by atoms with Crippen LogP contribution in [0.3, 0.4) is 0 Å². The van der Waals surface area contributed by atoms with Gasteiger partial charge in [-0.05, 0) is 37.5 Å². The van der Waals surface area contributed by atoms with Gasteiger partial charge in [-0.3, -0.25) is 0 Å². The topological polar surface area (TPSA) is 99.7 Å². The third-order valence-electron chi connectivity index (χ3n) is 4.51. The van der Waals surface area contributed by atoms with Crippen molar-refractivity contribution < 1.29 is 0 Å². The molecule has 25 heavy (non-hydrogen) atoms. The van der Waals surface area contributed by atoms with E-state index in [1.54, 1.807) is 0 Å². The molecule has 0 spiro atoms. The smallest absolute Gasteiger partial charge is 0.225 e. The molecule has 9 heteroatoms. The van der Waals surface area contributed by atoms with Crippen molar-refractivity contribution in [3.63, 3.8) is 0 Å². The SMILES string of the molecule is CNc1nc(NCC2CC2)nc2c(NC)nc(NCC3CC3)nc12.Cl. The minimum absolute atomic E-state index is 0. The van der Waals surface area contributed by atoms with Crippen LogP contribution in [0, 0.1) is 11.8 Å². The average Bonchev–Trinajstić information content (AvgIpc) is 3.51. The molecule has 4 N–H and O–H groups in total. The van der Waals surface area contributed by atoms with E-state index in [1.807, 2.05) is 14.1 Å². The van der Waals surface area contributed by atoms with Gasteiger partial charge in [0.15, 0.2) is 11.6 Å². The lowest BCUT2D eigenvalue weighted by atomic mass is 10.3. The van der Waals surface area contributed by atoms with Crippen LogP contribution in [0.25, 0.3) is 11.0 Å². The molecule has 0 saturated heterocycles. The zero-order chi connectivity index (χ0) is 16.5. The monoisotopic (exact) mass is 364 g/mol. The minimum atomic E-state index is 0. The van der Waals surface area contributed by atoms with Gasteiger partial charge >= 0.3 is 0 Å². The minimum Gasteiger partial charge on any atom is -0.371 e. The van der Waals surface area contributed by atoms with Crippen molar-refractivity contribution in [3.05, 3.63) is 0 Å². The number of hydrogen-bond donors (Lipinski definition) is 4. The first-order valence-corrected chi connectivity index (χ1v) is 8.70. The van der Waals surface area contributed by atoms with Crippen molar-refractivity contribution in [1.29, 1.82) is 0 Å². The van der Waals surface area contributed by atoms with Gasteiger partial charge in [-0.25, -0.2) is 9.97 Å². The fourth-order valence-corrected chi connectivity index (χ4v) is 2.64. The molecule has 136 valence electrons. The van der Waals surface area contributed by atoms with Crippen LogP contribution in [0.1, 0.15) is 25.7 Å². The number of aromatic nitrogens is 4. The molecule has 4 rings (SSSR count). The van der Waals surface area contributed by atoms with E-state index in [0.29, 0.717) is 23.5 Å². The Kier molecular flexibility index (Phi) is 5.27. The van der Waals surface area contributed by atoms with E-state index in [-0.39, 0.29) is 12.4 Å². The van der Waals surface area contributed by atoms with Crippen molar-refractivity contribution in [2.75, 3.05) is 48.5 Å². The molecule has 0 aromatic carbocycles. The van der Waals surface area contributed by atoms with Crippen LogP contribution in [0.2, 0.25) is 0 Å². The Morgan fingerprint density at radius 2 is 1.12 bits per heavy atom. The first kappa shape index (κ1) is 17.7. The summed E-state index contributed by atoms with van der Waals surface area (Å²) in [6.45, 7) is 1.84. The summed E-state index contributed by atoms with van der Waals surface area (Å²) in [5.41, 5.74) is 1.46. The Balaban J connectivity index is 0.00000182. The van der Waals surface area contributed by atoms with Gasteiger partial charge in [0.25, 0.3) is 0 Å². The Hall–Kier alpha value is -2.09. The molecule has 2 saturated carbocycles. The van der Waals surface area contributed by atoms with Crippen molar-refractivity contribution in [2.45, 2.75) is 25.7 Å². The molecule has 2 fully saturated rings. The third-order valence-corrected chi connectivity index (χ3v) is 4.51. The number of nitrogens with zero attached hydrogens (tertiary/aromatic N) is 4. The molecular weight excluding hydrogens is 340 g/mol. The summed E-state index contributed by atoms with van der Waals surface area (Å²) in [6.07, 6.45) is 5.17. The van der Waals surface area contributed by atoms with E-state index in [1.165, 1.54) is 25.7 Å². The number of hydrogen-bond acceptors (Lipinski definition) is 8. The summed E-state index contributed by atoms with van der Waals surface area (Å²) in [5.74, 6) is 4.20. The molecule has 0 radical (unpaired) electrons. The lowest BCUT2D eigenvalue weighted by Crippen LogP contribution is -2.12. The highest BCUT2D eigenvalue weighted by Gasteiger charge is 2.23. The first-order chi connectivity index (χ1) is 11.8. The molecule has 2 heterocycles. The number of fused-ring (bicyclic) bond motifs is 1. The van der Waals surface area contributed by atoms with Crippen molar-refractivity contribution in [2.24, 2.45) is 11.8 Å². The summed E-state index contributed by atoms with van der Waals surface area (Å²) in [6, 6.07) is 0. The Bertz CT molecular complexity index is 681. The van der Waals surface area contributed by atoms with Gasteiger partial charge in [-0.2, -0.15) is 9.97 Å². The number of halogens is 1. The van der Waals surface area contributed by atoms with Crippen LogP contribution in [-0.2, 0) is 0 Å². The Morgan fingerprint density at radius 3 is 1.44 bits per heavy atom. The van der Waals surface area contributed by atoms with Crippen LogP contribution in [-0.4, -0.2) is 47.1 Å². The second-order valence-corrected chi connectivity index (χ2v) is 6.64. The number of rotatable bonds is 8. The standard InChI is InChI=1S/C16H24N8.ClH/c1-17-13-11-12(22-15(23-13)19-7-9-3-4-9)14(18-2)24-16(21-11)20-8-10-5-6-10;/h9-10H,3-8H2,1-2H3,(H2,17,19,22,23)(H2,18,20,21,24);1H. The van der Waals surface area contributed by atoms with Crippen molar-refractivity contribution >= 4 is 47.0 Å². The van der Waals surface area contributed by atoms with E-state index in [0.717, 1.165) is 36.0 Å². The maximum absolute atomic E-state index is 4.63. The molecule has 0 aliphatic heterocycles. The van der Waals surface area contributed by atoms with Crippen LogP contribution in [0.15, 0.2) is 0 Å². The van der Waals surface area contributed by atoms with Gasteiger partial charge in [0, 0.05) is 27.2 Å². The van der Waals surface area contributed by atoms with Crippen LogP contribution in [0.4, 0.5) is 23.5 Å². The maximum Gasteiger partial charge on any atom is 0.225 e. The highest BCUT2D eigenvalue weighted by atomic mass is 35.5. The van der Waals surface area contributed by atoms with Gasteiger partial charge in [0.1, 0.15) is 11.0 Å². The third kappa shape index (κ3) is 4.12. The summed E-state index contributed by atoms with van der Waals surface area (Å²) < 4.78 is 0. The molecule has 2 aromatic rings. The predicted octanol–water partition coefficient (Wildman–Crippen LogP) is 2.57. The lowest BCUT2D eigenvalue weighted by Gasteiger charge is -2.13. The summed E-state index contributed by atoms with van der Waals surface area (Å²) in [4.78, 5) is 18.4. The van der Waals surface area contributed by atoms with Gasteiger partial charge in [0.2, 0.25) is 11.9 Å². The van der Waals surface area contributed by atoms with Gasteiger partial charge < -0.3 is 21.3 Å². The van der Waals surface area contributed by atoms with Gasteiger partial charge in [-0.1, -0.05) is 0 Å². The molecule has 0 atom stereocenters. The van der Waals surface area contributed by atoms with E-state index < -0.39 is 0 Å². The molecular formula is C16H25ClN8. The van der Waals surface area contributed by atoms with Gasteiger partial charge in [0.05, 0.1) is 0 Å². The van der Waals surface area contributed by atoms with E-state index in [2.05, 4.69) is 41.2 Å². The average molecular weight is 365 g/mol. The summed E-state index contributed by atoms with van der Waals surface area (Å²) >= 11 is 0. The second kappa shape index (κ2) is 7.43. The van der Waals surface area contributed by atoms with Crippen molar-refractivity contribution in [3.8, 4) is 0 Å². The largest absolute Gasteiger partial charge is 0.371 e. The Labute approximate surface area is 153 Å². The fraction of sp³-hybridized carbons (Fsp3) is 0.625. The lowest BCUT2D eigenvalue weighted by molar-refractivity contribution is 0.872. The quantitative estimate of drug-likeness (QED) is 0.567. The van der Waals surface area contributed by atoms with E-state index in [4.69, 9.17) is 0 Å². The molecule has 8 nitrogen and oxygen atoms in total. The summed E-state index contributed by atoms with van der Waals surface area (Å²) in [7, 11) is 3.70. The molecule has 2 aromatic heterocycles. The normalized spacial score (nSPS) is 16.2. The maximum atomic E-state index is 4.63. The molecule has 0 unspecified atom stereocenters. The number of anilines is 4. The predicted molar refractivity (Wildman–Crippen MR) is 104 cm³/mol. The molecule has 2 aliphatic rings. The molecule has 2 aliphatic carbocycles. The van der Waals surface area contributed by atoms with Crippen molar-refractivity contribution in [1.82, 2.24) is 19.9 Å². The first-order valence-electron chi connectivity index (χ1n) is 8.70. The zero-order valence-electron chi connectivity index (χ0n) is 14.6. The highest BCUT2D eigenvalue weighted by Crippen LogP contribution is 2.31. The summed E-state index contributed by atoms with van der Waals surface area (Å²) in [5, 5.41) is 12.9. The van der Waals surface area contributed by atoms with Gasteiger partial charge in [-0.15, -0.1) is 12.4 Å². The number of nitrogens with one attached hydrogen (secondary N) is 4. The van der Waals surface area contributed by atoms with Crippen LogP contribution < -0.4 is 21.3 Å². The molecule has 0 amide bonds. The van der Waals surface area contributed by atoms with E-state index in [9.17, 15) is 0 Å². The van der Waals surface area contributed by atoms with Crippen LogP contribution in [0.5, 0.6) is 0 Å². The van der Waals surface area contributed by atoms with Crippen LogP contribution >= 0.6 is 12.4 Å². The molecule has 0 bridgehead atoms. The Morgan fingerprint density at radius 1 is 0.720 bits per heavy atom. The zero-order valence-corrected chi connectivity index (χ0v) is 15.4.